The van der Waals surface area contributed by atoms with E-state index >= 15 is 0 Å². The van der Waals surface area contributed by atoms with Gasteiger partial charge in [0.1, 0.15) is 5.41 Å². The van der Waals surface area contributed by atoms with Crippen LogP contribution < -0.4 is 9.91 Å². The second kappa shape index (κ2) is 10.1. The molecule has 39 heavy (non-hydrogen) atoms. The number of fused-ring (bicyclic) bond motifs is 4. The van der Waals surface area contributed by atoms with Crippen molar-refractivity contribution in [2.45, 2.75) is 32.9 Å². The number of esters is 1. The molecule has 3 aliphatic heterocycles. The predicted molar refractivity (Wildman–Crippen MR) is 153 cm³/mol. The van der Waals surface area contributed by atoms with Crippen molar-refractivity contribution in [3.63, 3.8) is 0 Å². The molecular weight excluding hydrogens is 512 g/mol. The Labute approximate surface area is 233 Å². The molecule has 0 aromatic heterocycles. The summed E-state index contributed by atoms with van der Waals surface area (Å²) in [6.07, 6.45) is 0.561. The van der Waals surface area contributed by atoms with Gasteiger partial charge < -0.3 is 9.64 Å². The fraction of sp³-hybridized carbons (Fsp3) is 0.323. The van der Waals surface area contributed by atoms with Crippen LogP contribution >= 0.6 is 11.6 Å². The summed E-state index contributed by atoms with van der Waals surface area (Å²) in [5.41, 5.74) is 4.54. The third-order valence-electron chi connectivity index (χ3n) is 8.20. The molecular formula is C31H31ClN4O3. The van der Waals surface area contributed by atoms with Gasteiger partial charge in [0.25, 0.3) is 5.91 Å². The number of rotatable bonds is 5. The fourth-order valence-electron chi connectivity index (χ4n) is 6.25. The van der Waals surface area contributed by atoms with E-state index in [4.69, 9.17) is 21.4 Å². The molecule has 8 heteroatoms. The zero-order valence-electron chi connectivity index (χ0n) is 22.1. The summed E-state index contributed by atoms with van der Waals surface area (Å²) in [5, 5.41) is 7.04. The van der Waals surface area contributed by atoms with Gasteiger partial charge in [0.2, 0.25) is 0 Å². The third-order valence-corrected chi connectivity index (χ3v) is 8.44. The molecule has 3 aromatic carbocycles. The number of hydrogen-bond donors (Lipinski definition) is 0. The molecule has 0 radical (unpaired) electrons. The lowest BCUT2D eigenvalue weighted by atomic mass is 9.67. The van der Waals surface area contributed by atoms with Crippen LogP contribution in [0.3, 0.4) is 0 Å². The number of benzene rings is 3. The molecule has 200 valence electrons. The van der Waals surface area contributed by atoms with E-state index in [0.29, 0.717) is 29.3 Å². The van der Waals surface area contributed by atoms with Gasteiger partial charge in [-0.1, -0.05) is 48.0 Å². The standard InChI is InChI=1S/C31H31ClN4O3/c1-3-39-29(37)23-10-13-26(14-11-23)36-30(38)31(21(2)33-36)18-24-9-12-25(32)17-27(24)35-16-15-34(20-28(31)35)19-22-7-5-4-6-8-22/h4-14,17,28H,3,15-16,18-20H2,1-2H3. The van der Waals surface area contributed by atoms with Gasteiger partial charge in [-0.15, -0.1) is 0 Å². The van der Waals surface area contributed by atoms with E-state index in [9.17, 15) is 9.59 Å². The molecule has 1 amide bonds. The van der Waals surface area contributed by atoms with Crippen LogP contribution in [0.2, 0.25) is 5.02 Å². The first-order valence-electron chi connectivity index (χ1n) is 13.4. The zero-order valence-corrected chi connectivity index (χ0v) is 22.9. The molecule has 0 saturated carbocycles. The number of anilines is 2. The summed E-state index contributed by atoms with van der Waals surface area (Å²) >= 11 is 6.44. The van der Waals surface area contributed by atoms with Gasteiger partial charge in [-0.2, -0.15) is 10.1 Å². The summed E-state index contributed by atoms with van der Waals surface area (Å²) in [4.78, 5) is 31.4. The molecule has 1 fully saturated rings. The molecule has 3 aromatic rings. The lowest BCUT2D eigenvalue weighted by Gasteiger charge is -2.53. The van der Waals surface area contributed by atoms with Gasteiger partial charge in [0.15, 0.2) is 0 Å². The Morgan fingerprint density at radius 2 is 1.85 bits per heavy atom. The first-order valence-corrected chi connectivity index (χ1v) is 13.8. The van der Waals surface area contributed by atoms with Crippen molar-refractivity contribution in [3.8, 4) is 0 Å². The van der Waals surface area contributed by atoms with Crippen molar-refractivity contribution in [1.29, 1.82) is 0 Å². The number of hydrogen-bond acceptors (Lipinski definition) is 6. The van der Waals surface area contributed by atoms with Crippen LogP contribution in [0.5, 0.6) is 0 Å². The van der Waals surface area contributed by atoms with Gasteiger partial charge in [-0.3, -0.25) is 9.69 Å². The molecule has 1 spiro atoms. The maximum atomic E-state index is 14.5. The SMILES string of the molecule is CCOC(=O)c1ccc(N2N=C(C)C3(Cc4ccc(Cl)cc4N4CCN(Cc5ccccc5)CC43)C2=O)cc1. The molecule has 1 saturated heterocycles. The van der Waals surface area contributed by atoms with Crippen molar-refractivity contribution in [2.24, 2.45) is 10.5 Å². The molecule has 2 unspecified atom stereocenters. The highest BCUT2D eigenvalue weighted by Crippen LogP contribution is 2.48. The Balaban J connectivity index is 1.36. The lowest BCUT2D eigenvalue weighted by molar-refractivity contribution is -0.125. The van der Waals surface area contributed by atoms with Gasteiger partial charge in [0, 0.05) is 36.9 Å². The summed E-state index contributed by atoms with van der Waals surface area (Å²) in [6.45, 7) is 7.29. The Hall–Kier alpha value is -3.68. The molecule has 0 N–H and O–H groups in total. The van der Waals surface area contributed by atoms with Crippen molar-refractivity contribution in [1.82, 2.24) is 4.90 Å². The number of piperazine rings is 1. The van der Waals surface area contributed by atoms with Gasteiger partial charge >= 0.3 is 5.97 Å². The van der Waals surface area contributed by atoms with Crippen LogP contribution in [0.15, 0.2) is 77.9 Å². The molecule has 7 nitrogen and oxygen atoms in total. The quantitative estimate of drug-likeness (QED) is 0.416. The Morgan fingerprint density at radius 3 is 2.59 bits per heavy atom. The monoisotopic (exact) mass is 542 g/mol. The van der Waals surface area contributed by atoms with Gasteiger partial charge in [-0.25, -0.2) is 4.79 Å². The van der Waals surface area contributed by atoms with Gasteiger partial charge in [-0.05, 0) is 67.8 Å². The van der Waals surface area contributed by atoms with E-state index in [1.54, 1.807) is 31.2 Å². The number of hydrazone groups is 1. The summed E-state index contributed by atoms with van der Waals surface area (Å²) in [5.74, 6) is -0.423. The maximum absolute atomic E-state index is 14.5. The first kappa shape index (κ1) is 25.6. The average Bonchev–Trinajstić information content (AvgIpc) is 3.20. The molecule has 0 aliphatic carbocycles. The second-order valence-electron chi connectivity index (χ2n) is 10.4. The van der Waals surface area contributed by atoms with Crippen LogP contribution in [0, 0.1) is 5.41 Å². The minimum Gasteiger partial charge on any atom is -0.462 e. The number of carbonyl (C=O) groups is 2. The third kappa shape index (κ3) is 4.39. The highest BCUT2D eigenvalue weighted by Gasteiger charge is 2.59. The van der Waals surface area contributed by atoms with Crippen LogP contribution in [0.1, 0.15) is 35.3 Å². The summed E-state index contributed by atoms with van der Waals surface area (Å²) < 4.78 is 5.11. The summed E-state index contributed by atoms with van der Waals surface area (Å²) in [7, 11) is 0. The minimum atomic E-state index is -0.810. The normalized spacial score (nSPS) is 22.5. The Bertz CT molecular complexity index is 1440. The summed E-state index contributed by atoms with van der Waals surface area (Å²) in [6, 6.07) is 23.2. The van der Waals surface area contributed by atoms with E-state index < -0.39 is 5.41 Å². The van der Waals surface area contributed by atoms with E-state index in [2.05, 4.69) is 34.1 Å². The highest BCUT2D eigenvalue weighted by atomic mass is 35.5. The van der Waals surface area contributed by atoms with Crippen molar-refractivity contribution >= 4 is 40.6 Å². The van der Waals surface area contributed by atoms with Crippen LogP contribution in [0.4, 0.5) is 11.4 Å². The number of nitrogens with zero attached hydrogens (tertiary/aromatic N) is 4. The van der Waals surface area contributed by atoms with E-state index in [1.165, 1.54) is 10.6 Å². The van der Waals surface area contributed by atoms with Crippen LogP contribution in [0.25, 0.3) is 0 Å². The fourth-order valence-corrected chi connectivity index (χ4v) is 6.42. The minimum absolute atomic E-state index is 0.0407. The topological polar surface area (TPSA) is 65.5 Å². The number of ether oxygens (including phenoxy) is 1. The van der Waals surface area contributed by atoms with E-state index in [0.717, 1.165) is 43.1 Å². The largest absolute Gasteiger partial charge is 0.462 e. The van der Waals surface area contributed by atoms with Crippen molar-refractivity contribution < 1.29 is 14.3 Å². The maximum Gasteiger partial charge on any atom is 0.338 e. The highest BCUT2D eigenvalue weighted by molar-refractivity contribution is 6.31. The predicted octanol–water partition coefficient (Wildman–Crippen LogP) is 5.17. The second-order valence-corrected chi connectivity index (χ2v) is 10.9. The Morgan fingerprint density at radius 1 is 1.08 bits per heavy atom. The van der Waals surface area contributed by atoms with E-state index in [1.807, 2.05) is 31.2 Å². The molecule has 0 bridgehead atoms. The zero-order chi connectivity index (χ0) is 27.1. The smallest absolute Gasteiger partial charge is 0.338 e. The molecule has 3 heterocycles. The lowest BCUT2D eigenvalue weighted by Crippen LogP contribution is -2.66. The number of amides is 1. The molecule has 6 rings (SSSR count). The molecule has 3 aliphatic rings. The van der Waals surface area contributed by atoms with Crippen LogP contribution in [-0.4, -0.2) is 54.8 Å². The number of halogens is 1. The average molecular weight is 543 g/mol. The molecule has 2 atom stereocenters. The number of carbonyl (C=O) groups excluding carboxylic acids is 2. The van der Waals surface area contributed by atoms with Crippen LogP contribution in [-0.2, 0) is 22.5 Å². The first-order chi connectivity index (χ1) is 18.9. The van der Waals surface area contributed by atoms with E-state index in [-0.39, 0.29) is 17.9 Å². The van der Waals surface area contributed by atoms with Gasteiger partial charge in [0.05, 0.1) is 29.6 Å². The Kier molecular flexibility index (Phi) is 6.65. The van der Waals surface area contributed by atoms with Crippen molar-refractivity contribution in [2.75, 3.05) is 36.1 Å². The van der Waals surface area contributed by atoms with Crippen molar-refractivity contribution in [3.05, 3.63) is 94.5 Å².